The molecule has 0 aliphatic heterocycles. The summed E-state index contributed by atoms with van der Waals surface area (Å²) < 4.78 is 0. The Hall–Kier alpha value is -3.11. The van der Waals surface area contributed by atoms with E-state index in [1.807, 2.05) is 0 Å². The molecular formula is C7H4N4O7. The maximum Gasteiger partial charge on any atom is 0.292 e. The molecule has 0 heterocycles. The van der Waals surface area contributed by atoms with Gasteiger partial charge in [0.1, 0.15) is 0 Å². The smallest absolute Gasteiger partial charge is 0.292 e. The number of hydrogen-bond donors (Lipinski definition) is 1. The van der Waals surface area contributed by atoms with Gasteiger partial charge >= 0.3 is 0 Å². The average molecular weight is 256 g/mol. The van der Waals surface area contributed by atoms with Gasteiger partial charge in [-0.3, -0.25) is 30.3 Å². The minimum absolute atomic E-state index is 0.472. The van der Waals surface area contributed by atoms with Crippen LogP contribution in [-0.4, -0.2) is 26.2 Å². The van der Waals surface area contributed by atoms with E-state index in [0.717, 1.165) is 0 Å². The van der Waals surface area contributed by atoms with Gasteiger partial charge in [-0.1, -0.05) is 5.16 Å². The van der Waals surface area contributed by atoms with Gasteiger partial charge in [-0.25, -0.2) is 0 Å². The quantitative estimate of drug-likeness (QED) is 0.366. The molecular weight excluding hydrogens is 252 g/mol. The van der Waals surface area contributed by atoms with Gasteiger partial charge in [0.2, 0.25) is 0 Å². The first-order chi connectivity index (χ1) is 8.38. The SMILES string of the molecule is O=[N+]([O-])c1cc([N+](=O)[O-])c(C=NO)c([N+](=O)[O-])c1. The zero-order valence-corrected chi connectivity index (χ0v) is 8.42. The Labute approximate surface area is 97.4 Å². The van der Waals surface area contributed by atoms with Crippen LogP contribution in [0.4, 0.5) is 17.1 Å². The number of nitro benzene ring substituents is 3. The molecule has 0 amide bonds. The first kappa shape index (κ1) is 13.0. The second-order valence-electron chi connectivity index (χ2n) is 2.91. The Kier molecular flexibility index (Phi) is 3.47. The van der Waals surface area contributed by atoms with Crippen LogP contribution in [0.5, 0.6) is 0 Å². The molecule has 0 spiro atoms. The first-order valence-electron chi connectivity index (χ1n) is 4.17. The number of nitro groups is 3. The molecule has 0 aliphatic carbocycles. The maximum absolute atomic E-state index is 10.7. The highest BCUT2D eigenvalue weighted by molar-refractivity contribution is 5.91. The van der Waals surface area contributed by atoms with E-state index in [2.05, 4.69) is 5.16 Å². The van der Waals surface area contributed by atoms with Crippen LogP contribution in [0.25, 0.3) is 0 Å². The van der Waals surface area contributed by atoms with Gasteiger partial charge in [0.05, 0.1) is 33.1 Å². The van der Waals surface area contributed by atoms with E-state index in [9.17, 15) is 30.3 Å². The van der Waals surface area contributed by atoms with Gasteiger partial charge in [0.25, 0.3) is 17.1 Å². The van der Waals surface area contributed by atoms with Crippen LogP contribution in [0, 0.1) is 30.3 Å². The Balaban J connectivity index is 3.70. The molecule has 1 rings (SSSR count). The summed E-state index contributed by atoms with van der Waals surface area (Å²) in [5.41, 5.74) is -3.22. The molecule has 18 heavy (non-hydrogen) atoms. The van der Waals surface area contributed by atoms with Gasteiger partial charge in [0, 0.05) is 0 Å². The monoisotopic (exact) mass is 256 g/mol. The van der Waals surface area contributed by atoms with Crippen molar-refractivity contribution < 1.29 is 20.0 Å². The summed E-state index contributed by atoms with van der Waals surface area (Å²) >= 11 is 0. The van der Waals surface area contributed by atoms with E-state index in [1.165, 1.54) is 0 Å². The number of nitrogens with zero attached hydrogens (tertiary/aromatic N) is 4. The van der Waals surface area contributed by atoms with Crippen molar-refractivity contribution in [1.82, 2.24) is 0 Å². The van der Waals surface area contributed by atoms with Crippen LogP contribution in [0.3, 0.4) is 0 Å². The summed E-state index contributed by atoms with van der Waals surface area (Å²) in [6.07, 6.45) is 0.472. The van der Waals surface area contributed by atoms with E-state index in [0.29, 0.717) is 18.3 Å². The van der Waals surface area contributed by atoms with Crippen molar-refractivity contribution in [3.8, 4) is 0 Å². The minimum Gasteiger partial charge on any atom is -0.411 e. The van der Waals surface area contributed by atoms with Crippen molar-refractivity contribution >= 4 is 23.3 Å². The third kappa shape index (κ3) is 2.34. The molecule has 0 fully saturated rings. The predicted octanol–water partition coefficient (Wildman–Crippen LogP) is 1.22. The lowest BCUT2D eigenvalue weighted by atomic mass is 10.1. The van der Waals surface area contributed by atoms with Gasteiger partial charge < -0.3 is 5.21 Å². The molecule has 1 aromatic rings. The molecule has 0 radical (unpaired) electrons. The predicted molar refractivity (Wildman–Crippen MR) is 55.8 cm³/mol. The lowest BCUT2D eigenvalue weighted by Crippen LogP contribution is -2.02. The highest BCUT2D eigenvalue weighted by atomic mass is 16.6. The highest BCUT2D eigenvalue weighted by Crippen LogP contribution is 2.32. The van der Waals surface area contributed by atoms with Crippen molar-refractivity contribution in [3.05, 3.63) is 48.0 Å². The fraction of sp³-hybridized carbons (Fsp3) is 0. The molecule has 0 unspecified atom stereocenters. The third-order valence-corrected chi connectivity index (χ3v) is 1.91. The topological polar surface area (TPSA) is 162 Å². The second-order valence-corrected chi connectivity index (χ2v) is 2.91. The lowest BCUT2D eigenvalue weighted by molar-refractivity contribution is -0.403. The van der Waals surface area contributed by atoms with Crippen LogP contribution < -0.4 is 0 Å². The fourth-order valence-corrected chi connectivity index (χ4v) is 1.21. The van der Waals surface area contributed by atoms with E-state index >= 15 is 0 Å². The lowest BCUT2D eigenvalue weighted by Gasteiger charge is -1.99. The van der Waals surface area contributed by atoms with Crippen molar-refractivity contribution in [2.24, 2.45) is 5.16 Å². The molecule has 0 aliphatic rings. The van der Waals surface area contributed by atoms with Crippen LogP contribution in [0.2, 0.25) is 0 Å². The Morgan fingerprint density at radius 1 is 1.00 bits per heavy atom. The Bertz CT molecular complexity index is 532. The van der Waals surface area contributed by atoms with Crippen molar-refractivity contribution in [1.29, 1.82) is 0 Å². The normalized spacial score (nSPS) is 10.4. The Morgan fingerprint density at radius 2 is 1.44 bits per heavy atom. The maximum atomic E-state index is 10.7. The van der Waals surface area contributed by atoms with Crippen LogP contribution in [-0.2, 0) is 0 Å². The van der Waals surface area contributed by atoms with Gasteiger partial charge in [-0.05, 0) is 0 Å². The number of hydrogen-bond acceptors (Lipinski definition) is 8. The molecule has 0 aromatic heterocycles. The average Bonchev–Trinajstić information content (AvgIpc) is 2.28. The third-order valence-electron chi connectivity index (χ3n) is 1.91. The zero-order chi connectivity index (χ0) is 13.9. The zero-order valence-electron chi connectivity index (χ0n) is 8.42. The van der Waals surface area contributed by atoms with Crippen molar-refractivity contribution in [2.75, 3.05) is 0 Å². The van der Waals surface area contributed by atoms with E-state index in [-0.39, 0.29) is 0 Å². The van der Waals surface area contributed by atoms with Gasteiger partial charge in [-0.15, -0.1) is 0 Å². The van der Waals surface area contributed by atoms with Crippen LogP contribution in [0.15, 0.2) is 17.3 Å². The first-order valence-corrected chi connectivity index (χ1v) is 4.17. The van der Waals surface area contributed by atoms with E-state index < -0.39 is 37.4 Å². The molecule has 0 bridgehead atoms. The molecule has 0 saturated carbocycles. The van der Waals surface area contributed by atoms with Gasteiger partial charge in [0.15, 0.2) is 5.56 Å². The molecule has 1 N–H and O–H groups in total. The standard InChI is InChI=1S/C7H4N4O7/c12-8-3-5-6(10(15)16)1-4(9(13)14)2-7(5)11(17)18/h1-3,12H. The molecule has 1 aromatic carbocycles. The van der Waals surface area contributed by atoms with Crippen LogP contribution >= 0.6 is 0 Å². The molecule has 11 nitrogen and oxygen atoms in total. The number of non-ortho nitro benzene ring substituents is 1. The summed E-state index contributed by atoms with van der Waals surface area (Å²) in [5, 5.41) is 42.6. The van der Waals surface area contributed by atoms with Crippen LogP contribution in [0.1, 0.15) is 5.56 Å². The summed E-state index contributed by atoms with van der Waals surface area (Å²) in [6, 6.07) is 1.09. The molecule has 0 atom stereocenters. The molecule has 11 heteroatoms. The largest absolute Gasteiger partial charge is 0.411 e. The Morgan fingerprint density at radius 3 is 1.72 bits per heavy atom. The highest BCUT2D eigenvalue weighted by Gasteiger charge is 2.29. The van der Waals surface area contributed by atoms with Gasteiger partial charge in [-0.2, -0.15) is 0 Å². The summed E-state index contributed by atoms with van der Waals surface area (Å²) in [4.78, 5) is 28.7. The molecule has 94 valence electrons. The van der Waals surface area contributed by atoms with Crippen molar-refractivity contribution in [2.45, 2.75) is 0 Å². The number of benzene rings is 1. The summed E-state index contributed by atoms with van der Waals surface area (Å²) in [7, 11) is 0. The van der Waals surface area contributed by atoms with Crippen molar-refractivity contribution in [3.63, 3.8) is 0 Å². The minimum atomic E-state index is -1.04. The molecule has 0 saturated heterocycles. The summed E-state index contributed by atoms with van der Waals surface area (Å²) in [6.45, 7) is 0. The number of oxime groups is 1. The fourth-order valence-electron chi connectivity index (χ4n) is 1.21. The second kappa shape index (κ2) is 4.82. The van der Waals surface area contributed by atoms with E-state index in [1.54, 1.807) is 0 Å². The summed E-state index contributed by atoms with van der Waals surface area (Å²) in [5.74, 6) is 0. The number of rotatable bonds is 4. The van der Waals surface area contributed by atoms with E-state index in [4.69, 9.17) is 5.21 Å².